The SMILES string of the molecule is CN[C@@H](C)c1ccc(-n2cnc3ccccc32)cc1. The molecule has 0 saturated heterocycles. The molecule has 2 aromatic carbocycles. The highest BCUT2D eigenvalue weighted by Gasteiger charge is 2.05. The monoisotopic (exact) mass is 251 g/mol. The van der Waals surface area contributed by atoms with Crippen molar-refractivity contribution >= 4 is 11.0 Å². The van der Waals surface area contributed by atoms with Gasteiger partial charge in [0, 0.05) is 11.7 Å². The largest absolute Gasteiger partial charge is 0.313 e. The number of nitrogens with zero attached hydrogens (tertiary/aromatic N) is 2. The summed E-state index contributed by atoms with van der Waals surface area (Å²) in [5.41, 5.74) is 4.59. The van der Waals surface area contributed by atoms with Gasteiger partial charge in [-0.3, -0.25) is 4.57 Å². The third kappa shape index (κ3) is 2.13. The maximum Gasteiger partial charge on any atom is 0.100 e. The number of hydrogen-bond acceptors (Lipinski definition) is 2. The van der Waals surface area contributed by atoms with E-state index in [1.54, 1.807) is 0 Å². The van der Waals surface area contributed by atoms with Crippen molar-refractivity contribution in [3.8, 4) is 5.69 Å². The molecular weight excluding hydrogens is 234 g/mol. The first-order valence-corrected chi connectivity index (χ1v) is 6.49. The van der Waals surface area contributed by atoms with E-state index < -0.39 is 0 Å². The second kappa shape index (κ2) is 4.86. The number of hydrogen-bond donors (Lipinski definition) is 1. The van der Waals surface area contributed by atoms with Crippen molar-refractivity contribution < 1.29 is 0 Å². The summed E-state index contributed by atoms with van der Waals surface area (Å²) in [5, 5.41) is 3.25. The normalized spacial score (nSPS) is 12.7. The van der Waals surface area contributed by atoms with Gasteiger partial charge in [-0.25, -0.2) is 4.98 Å². The van der Waals surface area contributed by atoms with Crippen LogP contribution in [0.25, 0.3) is 16.7 Å². The molecule has 0 aliphatic carbocycles. The molecule has 1 atom stereocenters. The van der Waals surface area contributed by atoms with Gasteiger partial charge in [0.05, 0.1) is 11.0 Å². The van der Waals surface area contributed by atoms with Gasteiger partial charge < -0.3 is 5.32 Å². The predicted octanol–water partition coefficient (Wildman–Crippen LogP) is 3.31. The summed E-state index contributed by atoms with van der Waals surface area (Å²) in [7, 11) is 1.97. The fourth-order valence-corrected chi connectivity index (χ4v) is 2.26. The van der Waals surface area contributed by atoms with Crippen LogP contribution >= 0.6 is 0 Å². The van der Waals surface area contributed by atoms with Gasteiger partial charge in [0.2, 0.25) is 0 Å². The molecular formula is C16H17N3. The van der Waals surface area contributed by atoms with E-state index in [0.29, 0.717) is 6.04 Å². The third-order valence-electron chi connectivity index (χ3n) is 3.56. The van der Waals surface area contributed by atoms with E-state index >= 15 is 0 Å². The fourth-order valence-electron chi connectivity index (χ4n) is 2.26. The second-order valence-corrected chi connectivity index (χ2v) is 4.71. The predicted molar refractivity (Wildman–Crippen MR) is 78.5 cm³/mol. The van der Waals surface area contributed by atoms with Gasteiger partial charge in [-0.05, 0) is 43.8 Å². The molecule has 3 nitrogen and oxygen atoms in total. The number of para-hydroxylation sites is 2. The molecule has 0 saturated carbocycles. The van der Waals surface area contributed by atoms with Crippen LogP contribution in [-0.4, -0.2) is 16.6 Å². The van der Waals surface area contributed by atoms with E-state index in [9.17, 15) is 0 Å². The third-order valence-corrected chi connectivity index (χ3v) is 3.56. The van der Waals surface area contributed by atoms with Crippen molar-refractivity contribution in [1.29, 1.82) is 0 Å². The smallest absolute Gasteiger partial charge is 0.100 e. The summed E-state index contributed by atoms with van der Waals surface area (Å²) in [6.45, 7) is 2.15. The van der Waals surface area contributed by atoms with Crippen LogP contribution in [0, 0.1) is 0 Å². The van der Waals surface area contributed by atoms with Crippen LogP contribution in [0.15, 0.2) is 54.9 Å². The van der Waals surface area contributed by atoms with Crippen molar-refractivity contribution in [3.05, 3.63) is 60.4 Å². The number of nitrogens with one attached hydrogen (secondary N) is 1. The molecule has 0 amide bonds. The molecule has 0 aliphatic rings. The molecule has 3 rings (SSSR count). The number of fused-ring (bicyclic) bond motifs is 1. The minimum atomic E-state index is 0.369. The van der Waals surface area contributed by atoms with Crippen LogP contribution in [0.1, 0.15) is 18.5 Å². The average Bonchev–Trinajstić information content (AvgIpc) is 2.90. The Morgan fingerprint density at radius 1 is 1.05 bits per heavy atom. The number of benzene rings is 2. The molecule has 0 radical (unpaired) electrons. The lowest BCUT2D eigenvalue weighted by molar-refractivity contribution is 0.652. The second-order valence-electron chi connectivity index (χ2n) is 4.71. The lowest BCUT2D eigenvalue weighted by atomic mass is 10.1. The van der Waals surface area contributed by atoms with Crippen molar-refractivity contribution in [2.24, 2.45) is 0 Å². The van der Waals surface area contributed by atoms with E-state index in [1.165, 1.54) is 5.56 Å². The standard InChI is InChI=1S/C16H17N3/c1-12(17-2)13-7-9-14(10-8-13)19-11-18-15-5-3-4-6-16(15)19/h3-12,17H,1-2H3/t12-/m0/s1. The van der Waals surface area contributed by atoms with Gasteiger partial charge in [-0.1, -0.05) is 24.3 Å². The fraction of sp³-hybridized carbons (Fsp3) is 0.188. The highest BCUT2D eigenvalue weighted by atomic mass is 15.0. The van der Waals surface area contributed by atoms with Crippen LogP contribution in [0.2, 0.25) is 0 Å². The van der Waals surface area contributed by atoms with Gasteiger partial charge in [0.15, 0.2) is 0 Å². The minimum Gasteiger partial charge on any atom is -0.313 e. The van der Waals surface area contributed by atoms with Crippen molar-refractivity contribution in [2.45, 2.75) is 13.0 Å². The molecule has 0 bridgehead atoms. The first kappa shape index (κ1) is 11.9. The van der Waals surface area contributed by atoms with Crippen LogP contribution in [0.5, 0.6) is 0 Å². The highest BCUT2D eigenvalue weighted by Crippen LogP contribution is 2.20. The molecule has 1 N–H and O–H groups in total. The summed E-state index contributed by atoms with van der Waals surface area (Å²) in [6, 6.07) is 17.1. The Morgan fingerprint density at radius 2 is 1.79 bits per heavy atom. The van der Waals surface area contributed by atoms with Gasteiger partial charge in [0.25, 0.3) is 0 Å². The number of imidazole rings is 1. The van der Waals surface area contributed by atoms with Crippen LogP contribution in [-0.2, 0) is 0 Å². The molecule has 3 heteroatoms. The molecule has 3 aromatic rings. The minimum absolute atomic E-state index is 0.369. The molecule has 0 spiro atoms. The van der Waals surface area contributed by atoms with Crippen molar-refractivity contribution in [2.75, 3.05) is 7.05 Å². The topological polar surface area (TPSA) is 29.9 Å². The Labute approximate surface area is 112 Å². The lowest BCUT2D eigenvalue weighted by Crippen LogP contribution is -2.12. The first-order chi connectivity index (χ1) is 9.29. The van der Waals surface area contributed by atoms with Crippen molar-refractivity contribution in [1.82, 2.24) is 14.9 Å². The molecule has 0 unspecified atom stereocenters. The molecule has 0 aliphatic heterocycles. The van der Waals surface area contributed by atoms with Crippen LogP contribution < -0.4 is 5.32 Å². The van der Waals surface area contributed by atoms with E-state index in [0.717, 1.165) is 16.7 Å². The van der Waals surface area contributed by atoms with Crippen molar-refractivity contribution in [3.63, 3.8) is 0 Å². The van der Waals surface area contributed by atoms with Gasteiger partial charge in [-0.2, -0.15) is 0 Å². The van der Waals surface area contributed by atoms with Crippen LogP contribution in [0.4, 0.5) is 0 Å². The van der Waals surface area contributed by atoms with Crippen LogP contribution in [0.3, 0.4) is 0 Å². The van der Waals surface area contributed by atoms with Gasteiger partial charge in [-0.15, -0.1) is 0 Å². The molecule has 1 aromatic heterocycles. The van der Waals surface area contributed by atoms with Gasteiger partial charge >= 0.3 is 0 Å². The van der Waals surface area contributed by atoms with E-state index in [1.807, 2.05) is 31.6 Å². The Morgan fingerprint density at radius 3 is 2.53 bits per heavy atom. The number of aromatic nitrogens is 2. The summed E-state index contributed by atoms with van der Waals surface area (Å²) < 4.78 is 2.11. The summed E-state index contributed by atoms with van der Waals surface area (Å²) >= 11 is 0. The average molecular weight is 251 g/mol. The zero-order valence-electron chi connectivity index (χ0n) is 11.2. The maximum atomic E-state index is 4.42. The highest BCUT2D eigenvalue weighted by molar-refractivity contribution is 5.77. The van der Waals surface area contributed by atoms with E-state index in [4.69, 9.17) is 0 Å². The molecule has 96 valence electrons. The molecule has 1 heterocycles. The molecule has 0 fully saturated rings. The Balaban J connectivity index is 2.02. The van der Waals surface area contributed by atoms with E-state index in [-0.39, 0.29) is 0 Å². The Kier molecular flexibility index (Phi) is 3.05. The summed E-state index contributed by atoms with van der Waals surface area (Å²) in [4.78, 5) is 4.42. The zero-order valence-corrected chi connectivity index (χ0v) is 11.2. The first-order valence-electron chi connectivity index (χ1n) is 6.49. The van der Waals surface area contributed by atoms with E-state index in [2.05, 4.69) is 52.1 Å². The maximum absolute atomic E-state index is 4.42. The quantitative estimate of drug-likeness (QED) is 0.774. The zero-order chi connectivity index (χ0) is 13.2. The lowest BCUT2D eigenvalue weighted by Gasteiger charge is -2.11. The van der Waals surface area contributed by atoms with Gasteiger partial charge in [0.1, 0.15) is 6.33 Å². The molecule has 19 heavy (non-hydrogen) atoms. The summed E-state index contributed by atoms with van der Waals surface area (Å²) in [6.07, 6.45) is 1.88. The number of rotatable bonds is 3. The summed E-state index contributed by atoms with van der Waals surface area (Å²) in [5.74, 6) is 0. The Hall–Kier alpha value is -2.13. The Bertz CT molecular complexity index is 683.